The van der Waals surface area contributed by atoms with Crippen molar-refractivity contribution in [3.05, 3.63) is 60.6 Å². The van der Waals surface area contributed by atoms with E-state index in [0.717, 1.165) is 22.1 Å². The predicted octanol–water partition coefficient (Wildman–Crippen LogP) is 5.62. The van der Waals surface area contributed by atoms with Crippen LogP contribution < -0.4 is 10.9 Å². The Balaban J connectivity index is 1.54. The summed E-state index contributed by atoms with van der Waals surface area (Å²) in [5.74, 6) is -0.589. The third kappa shape index (κ3) is 4.22. The number of rotatable bonds is 4. The van der Waals surface area contributed by atoms with Gasteiger partial charge in [-0.2, -0.15) is 0 Å². The van der Waals surface area contributed by atoms with Crippen molar-refractivity contribution in [3.63, 3.8) is 0 Å². The number of aliphatic hydroxyl groups is 1. The molecule has 0 radical (unpaired) electrons. The summed E-state index contributed by atoms with van der Waals surface area (Å²) >= 11 is 3.44. The minimum Gasteiger partial charge on any atom is -0.377 e. The molecule has 2 aromatic heterocycles. The molecule has 6 rings (SSSR count). The monoisotopic (exact) mass is 623 g/mol. The second-order valence-corrected chi connectivity index (χ2v) is 13.8. The highest BCUT2D eigenvalue weighted by Gasteiger charge is 2.44. The molecule has 0 spiro atoms. The number of hydrogen-bond acceptors (Lipinski definition) is 5. The summed E-state index contributed by atoms with van der Waals surface area (Å²) in [6, 6.07) is 2.79. The average molecular weight is 625 g/mol. The Morgan fingerprint density at radius 3 is 2.63 bits per heavy atom. The number of nitrogens with one attached hydrogen (secondary N) is 1. The van der Waals surface area contributed by atoms with E-state index in [1.54, 1.807) is 17.6 Å². The lowest BCUT2D eigenvalue weighted by Gasteiger charge is -2.32. The molecule has 216 valence electrons. The molecule has 7 nitrogen and oxygen atoms in total. The zero-order valence-corrected chi connectivity index (χ0v) is 25.7. The number of hydrogen-bond donors (Lipinski definition) is 2. The maximum atomic E-state index is 15.1. The number of halogens is 2. The fourth-order valence-electron chi connectivity index (χ4n) is 6.72. The predicted molar refractivity (Wildman–Crippen MR) is 158 cm³/mol. The van der Waals surface area contributed by atoms with Gasteiger partial charge in [-0.1, -0.05) is 34.6 Å². The molecule has 0 unspecified atom stereocenters. The fourth-order valence-corrected chi connectivity index (χ4v) is 7.23. The SMILES string of the molecule is CC[C@@]1(O)C(=O)CCc2c1cc1n(c2=O)Cc2c-1nc1cc(F)c(Br)c3c1c2[C@@H](NC(=O)C[C@H](C)C(C)(C)C)CC3. The quantitative estimate of drug-likeness (QED) is 0.307. The molecule has 3 aromatic rings. The molecule has 1 aromatic carbocycles. The van der Waals surface area contributed by atoms with Gasteiger partial charge in [-0.3, -0.25) is 14.4 Å². The molecule has 1 aliphatic heterocycles. The molecule has 0 fully saturated rings. The van der Waals surface area contributed by atoms with E-state index in [1.165, 1.54) is 6.07 Å². The lowest BCUT2D eigenvalue weighted by molar-refractivity contribution is -0.140. The maximum Gasteiger partial charge on any atom is 0.254 e. The lowest BCUT2D eigenvalue weighted by atomic mass is 9.77. The van der Waals surface area contributed by atoms with E-state index in [0.29, 0.717) is 51.8 Å². The van der Waals surface area contributed by atoms with Crippen molar-refractivity contribution in [2.24, 2.45) is 11.3 Å². The van der Waals surface area contributed by atoms with Gasteiger partial charge in [0.1, 0.15) is 11.4 Å². The van der Waals surface area contributed by atoms with Crippen LogP contribution in [0.2, 0.25) is 0 Å². The van der Waals surface area contributed by atoms with E-state index in [2.05, 4.69) is 48.9 Å². The van der Waals surface area contributed by atoms with Gasteiger partial charge in [0.25, 0.3) is 5.56 Å². The molecular formula is C32H35BrFN3O4. The number of amides is 1. The van der Waals surface area contributed by atoms with E-state index >= 15 is 4.39 Å². The van der Waals surface area contributed by atoms with Crippen molar-refractivity contribution in [1.29, 1.82) is 0 Å². The molecule has 3 heterocycles. The van der Waals surface area contributed by atoms with Crippen molar-refractivity contribution < 1.29 is 19.1 Å². The summed E-state index contributed by atoms with van der Waals surface area (Å²) in [4.78, 5) is 44.8. The average Bonchev–Trinajstić information content (AvgIpc) is 3.28. The smallest absolute Gasteiger partial charge is 0.254 e. The van der Waals surface area contributed by atoms with E-state index in [-0.39, 0.29) is 60.4 Å². The van der Waals surface area contributed by atoms with E-state index in [1.807, 2.05) is 0 Å². The number of aromatic nitrogens is 2. The van der Waals surface area contributed by atoms with Gasteiger partial charge in [0.2, 0.25) is 5.91 Å². The van der Waals surface area contributed by atoms with Crippen LogP contribution in [0.25, 0.3) is 22.3 Å². The van der Waals surface area contributed by atoms with E-state index in [4.69, 9.17) is 4.98 Å². The Labute approximate surface area is 246 Å². The number of carbonyl (C=O) groups is 2. The highest BCUT2D eigenvalue weighted by atomic mass is 79.9. The number of aryl methyl sites for hydroxylation is 1. The standard InChI is InChI=1S/C32H35BrFN3O4/c1-6-32(41)19-12-23-29-18(14-37(23)30(40)16(19)8-10-24(32)38)27-21(35-25(39)11-15(2)31(3,4)5)9-7-17-26(27)22(36-29)13-20(34)28(17)33/h12-13,15,21,41H,6-11,14H2,1-5H3,(H,35,39)/t15-,21-,32-/m0/s1. The van der Waals surface area contributed by atoms with Crippen LogP contribution in [0.5, 0.6) is 0 Å². The number of Topliss-reactive ketones (excluding diaryl/α,β-unsaturated/α-hetero) is 1. The van der Waals surface area contributed by atoms with Gasteiger partial charge in [0, 0.05) is 41.0 Å². The fraction of sp³-hybridized carbons (Fsp3) is 0.500. The Morgan fingerprint density at radius 1 is 1.22 bits per heavy atom. The lowest BCUT2D eigenvalue weighted by Crippen LogP contribution is -2.43. The van der Waals surface area contributed by atoms with Gasteiger partial charge < -0.3 is 15.0 Å². The summed E-state index contributed by atoms with van der Waals surface area (Å²) < 4.78 is 17.1. The molecule has 0 saturated carbocycles. The highest BCUT2D eigenvalue weighted by molar-refractivity contribution is 9.10. The number of nitrogens with zero attached hydrogens (tertiary/aromatic N) is 2. The number of ketones is 1. The Hall–Kier alpha value is -2.91. The van der Waals surface area contributed by atoms with Crippen LogP contribution in [0.1, 0.15) is 94.2 Å². The minimum absolute atomic E-state index is 0.0200. The molecule has 0 bridgehead atoms. The first-order valence-electron chi connectivity index (χ1n) is 14.4. The van der Waals surface area contributed by atoms with Crippen LogP contribution in [-0.4, -0.2) is 26.3 Å². The molecule has 3 atom stereocenters. The molecule has 2 N–H and O–H groups in total. The molecular weight excluding hydrogens is 589 g/mol. The Bertz CT molecular complexity index is 1720. The van der Waals surface area contributed by atoms with Crippen LogP contribution in [0, 0.1) is 17.2 Å². The van der Waals surface area contributed by atoms with Crippen LogP contribution in [-0.2, 0) is 34.6 Å². The number of carbonyl (C=O) groups excluding carboxylic acids is 2. The third-order valence-corrected chi connectivity index (χ3v) is 10.6. The van der Waals surface area contributed by atoms with Crippen LogP contribution in [0.3, 0.4) is 0 Å². The van der Waals surface area contributed by atoms with E-state index < -0.39 is 11.4 Å². The Morgan fingerprint density at radius 2 is 1.95 bits per heavy atom. The van der Waals surface area contributed by atoms with Crippen molar-refractivity contribution >= 4 is 38.5 Å². The zero-order chi connectivity index (χ0) is 29.6. The van der Waals surface area contributed by atoms with Crippen molar-refractivity contribution in [2.75, 3.05) is 0 Å². The van der Waals surface area contributed by atoms with Crippen molar-refractivity contribution in [1.82, 2.24) is 14.9 Å². The van der Waals surface area contributed by atoms with Gasteiger partial charge in [0.05, 0.1) is 34.0 Å². The topological polar surface area (TPSA) is 101 Å². The molecule has 0 saturated heterocycles. The van der Waals surface area contributed by atoms with Gasteiger partial charge >= 0.3 is 0 Å². The first-order chi connectivity index (χ1) is 19.3. The van der Waals surface area contributed by atoms with Crippen LogP contribution in [0.4, 0.5) is 4.39 Å². The largest absolute Gasteiger partial charge is 0.377 e. The maximum absolute atomic E-state index is 15.1. The Kier molecular flexibility index (Phi) is 6.58. The molecule has 1 amide bonds. The second kappa shape index (κ2) is 9.56. The first-order valence-corrected chi connectivity index (χ1v) is 15.2. The molecule has 3 aliphatic rings. The molecule has 9 heteroatoms. The van der Waals surface area contributed by atoms with E-state index in [9.17, 15) is 19.5 Å². The first kappa shape index (κ1) is 28.2. The number of fused-ring (bicyclic) bond motifs is 5. The number of benzene rings is 1. The number of pyridine rings is 2. The highest BCUT2D eigenvalue weighted by Crippen LogP contribution is 2.47. The second-order valence-electron chi connectivity index (χ2n) is 13.0. The molecule has 2 aliphatic carbocycles. The van der Waals surface area contributed by atoms with Crippen LogP contribution in [0.15, 0.2) is 21.4 Å². The van der Waals surface area contributed by atoms with Crippen LogP contribution >= 0.6 is 15.9 Å². The zero-order valence-electron chi connectivity index (χ0n) is 24.1. The summed E-state index contributed by atoms with van der Waals surface area (Å²) in [6.45, 7) is 10.4. The van der Waals surface area contributed by atoms with Gasteiger partial charge in [-0.05, 0) is 70.1 Å². The normalized spacial score (nSPS) is 21.9. The van der Waals surface area contributed by atoms with Gasteiger partial charge in [-0.25, -0.2) is 9.37 Å². The summed E-state index contributed by atoms with van der Waals surface area (Å²) in [5.41, 5.74) is 2.81. The molecule has 41 heavy (non-hydrogen) atoms. The third-order valence-electron chi connectivity index (χ3n) is 9.72. The minimum atomic E-state index is -1.72. The summed E-state index contributed by atoms with van der Waals surface area (Å²) in [6.07, 6.45) is 2.09. The summed E-state index contributed by atoms with van der Waals surface area (Å²) in [5, 5.41) is 15.4. The van der Waals surface area contributed by atoms with Crippen molar-refractivity contribution in [2.45, 2.75) is 91.3 Å². The van der Waals surface area contributed by atoms with Gasteiger partial charge in [-0.15, -0.1) is 0 Å². The van der Waals surface area contributed by atoms with Gasteiger partial charge in [0.15, 0.2) is 5.78 Å². The van der Waals surface area contributed by atoms with Crippen molar-refractivity contribution in [3.8, 4) is 11.4 Å². The summed E-state index contributed by atoms with van der Waals surface area (Å²) in [7, 11) is 0.